The van der Waals surface area contributed by atoms with Gasteiger partial charge in [0.15, 0.2) is 0 Å². The van der Waals surface area contributed by atoms with E-state index in [0.717, 1.165) is 11.1 Å². The minimum absolute atomic E-state index is 0.632. The van der Waals surface area contributed by atoms with Gasteiger partial charge in [0, 0.05) is 11.1 Å². The van der Waals surface area contributed by atoms with E-state index in [-0.39, 0.29) is 0 Å². The third-order valence-electron chi connectivity index (χ3n) is 2.51. The van der Waals surface area contributed by atoms with E-state index < -0.39 is 0 Å². The number of nitrogens with zero attached hydrogens (tertiary/aromatic N) is 2. The topological polar surface area (TPSA) is 24.7 Å². The van der Waals surface area contributed by atoms with Gasteiger partial charge in [-0.2, -0.15) is 10.2 Å². The van der Waals surface area contributed by atoms with Crippen molar-refractivity contribution in [1.82, 2.24) is 0 Å². The summed E-state index contributed by atoms with van der Waals surface area (Å²) in [6.07, 6.45) is 0. The summed E-state index contributed by atoms with van der Waals surface area (Å²) in [5, 5.41) is 8.20. The molecule has 0 radical (unpaired) electrons. The summed E-state index contributed by atoms with van der Waals surface area (Å²) in [7, 11) is 0. The molecule has 0 aliphatic carbocycles. The summed E-state index contributed by atoms with van der Waals surface area (Å²) in [6.45, 7) is 7.78. The van der Waals surface area contributed by atoms with E-state index in [0.29, 0.717) is 11.4 Å². The lowest BCUT2D eigenvalue weighted by molar-refractivity contribution is 1.25. The molecule has 0 atom stereocenters. The molecular weight excluding hydrogens is 220 g/mol. The molecule has 0 aliphatic rings. The maximum atomic E-state index is 4.10. The van der Waals surface area contributed by atoms with Crippen LogP contribution in [0.1, 0.15) is 11.1 Å². The first-order chi connectivity index (χ1) is 8.77. The normalized spacial score (nSPS) is 10.4. The molecule has 0 aromatic heterocycles. The Labute approximate surface area is 107 Å². The summed E-state index contributed by atoms with van der Waals surface area (Å²) >= 11 is 0. The fraction of sp³-hybridized carbons (Fsp3) is 0. The van der Waals surface area contributed by atoms with Crippen LogP contribution >= 0.6 is 0 Å². The maximum Gasteiger partial charge on any atom is 0.0857 e. The van der Waals surface area contributed by atoms with Crippen LogP contribution < -0.4 is 0 Å². The zero-order valence-electron chi connectivity index (χ0n) is 10.1. The Morgan fingerprint density at radius 3 is 1.28 bits per heavy atom. The van der Waals surface area contributed by atoms with Crippen molar-refractivity contribution < 1.29 is 0 Å². The molecule has 18 heavy (non-hydrogen) atoms. The predicted octanol–water partition coefficient (Wildman–Crippen LogP) is 4.78. The van der Waals surface area contributed by atoms with E-state index in [4.69, 9.17) is 0 Å². The number of hydrogen-bond donors (Lipinski definition) is 0. The molecule has 0 N–H and O–H groups in total. The first-order valence-electron chi connectivity index (χ1n) is 5.68. The van der Waals surface area contributed by atoms with Gasteiger partial charge < -0.3 is 0 Å². The highest BCUT2D eigenvalue weighted by Crippen LogP contribution is 2.18. The van der Waals surface area contributed by atoms with Crippen LogP contribution in [0.15, 0.2) is 84.1 Å². The molecule has 0 amide bonds. The highest BCUT2D eigenvalue weighted by atomic mass is 15.1. The van der Waals surface area contributed by atoms with Crippen molar-refractivity contribution in [2.75, 3.05) is 0 Å². The Bertz CT molecular complexity index is 515. The van der Waals surface area contributed by atoms with Crippen LogP contribution in [0.2, 0.25) is 0 Å². The lowest BCUT2D eigenvalue weighted by atomic mass is 10.2. The van der Waals surface area contributed by atoms with Crippen molar-refractivity contribution in [3.63, 3.8) is 0 Å². The zero-order valence-corrected chi connectivity index (χ0v) is 10.1. The van der Waals surface area contributed by atoms with Gasteiger partial charge in [0.05, 0.1) is 11.4 Å². The number of hydrogen-bond acceptors (Lipinski definition) is 2. The van der Waals surface area contributed by atoms with Crippen LogP contribution in [0.4, 0.5) is 0 Å². The molecule has 0 unspecified atom stereocenters. The van der Waals surface area contributed by atoms with Crippen molar-refractivity contribution in [2.24, 2.45) is 10.2 Å². The molecule has 0 spiro atoms. The van der Waals surface area contributed by atoms with Crippen LogP contribution in [-0.2, 0) is 0 Å². The average Bonchev–Trinajstić information content (AvgIpc) is 2.46. The maximum absolute atomic E-state index is 4.10. The fourth-order valence-corrected chi connectivity index (χ4v) is 1.50. The largest absolute Gasteiger partial charge is 0.151 e. The van der Waals surface area contributed by atoms with E-state index in [1.807, 2.05) is 60.7 Å². The molecule has 2 aromatic carbocycles. The first-order valence-corrected chi connectivity index (χ1v) is 5.68. The third kappa shape index (κ3) is 3.01. The van der Waals surface area contributed by atoms with Gasteiger partial charge in [-0.3, -0.25) is 0 Å². The van der Waals surface area contributed by atoms with Crippen molar-refractivity contribution >= 4 is 11.4 Å². The van der Waals surface area contributed by atoms with Crippen molar-refractivity contribution in [1.29, 1.82) is 0 Å². The highest BCUT2D eigenvalue weighted by molar-refractivity contribution is 5.65. The first kappa shape index (κ1) is 12.0. The molecule has 0 bridgehead atoms. The van der Waals surface area contributed by atoms with Gasteiger partial charge in [-0.25, -0.2) is 0 Å². The molecule has 0 heterocycles. The molecule has 2 nitrogen and oxygen atoms in total. The molecule has 0 fully saturated rings. The highest BCUT2D eigenvalue weighted by Gasteiger charge is 1.97. The fourth-order valence-electron chi connectivity index (χ4n) is 1.50. The Morgan fingerprint density at radius 1 is 0.611 bits per heavy atom. The summed E-state index contributed by atoms with van der Waals surface area (Å²) in [6, 6.07) is 19.5. The van der Waals surface area contributed by atoms with E-state index in [1.165, 1.54) is 0 Å². The Hall–Kier alpha value is -2.48. The second-order valence-corrected chi connectivity index (χ2v) is 3.83. The monoisotopic (exact) mass is 234 g/mol. The lowest BCUT2D eigenvalue weighted by Gasteiger charge is -2.00. The summed E-state index contributed by atoms with van der Waals surface area (Å²) in [5.74, 6) is 0. The Kier molecular flexibility index (Phi) is 3.82. The van der Waals surface area contributed by atoms with Gasteiger partial charge >= 0.3 is 0 Å². The zero-order chi connectivity index (χ0) is 12.8. The summed E-state index contributed by atoms with van der Waals surface area (Å²) in [5.41, 5.74) is 3.18. The van der Waals surface area contributed by atoms with Gasteiger partial charge in [-0.1, -0.05) is 73.8 Å². The van der Waals surface area contributed by atoms with E-state index in [1.54, 1.807) is 0 Å². The molecule has 0 aliphatic heterocycles. The number of rotatable bonds is 4. The molecule has 2 heteroatoms. The van der Waals surface area contributed by atoms with Crippen molar-refractivity contribution in [3.05, 3.63) is 84.9 Å². The second kappa shape index (κ2) is 5.73. The molecule has 2 aromatic rings. The van der Waals surface area contributed by atoms with Crippen LogP contribution in [0, 0.1) is 0 Å². The summed E-state index contributed by atoms with van der Waals surface area (Å²) < 4.78 is 0. The van der Waals surface area contributed by atoms with Crippen LogP contribution in [0.25, 0.3) is 11.4 Å². The smallest absolute Gasteiger partial charge is 0.0857 e. The standard InChI is InChI=1S/C16H14N2/c1-13(15-9-5-3-6-10-15)17-18-14(2)16-11-7-4-8-12-16/h3-12H,1-2H2. The molecular formula is C16H14N2. The van der Waals surface area contributed by atoms with E-state index >= 15 is 0 Å². The van der Waals surface area contributed by atoms with Crippen LogP contribution in [0.3, 0.4) is 0 Å². The minimum atomic E-state index is 0.632. The van der Waals surface area contributed by atoms with Gasteiger partial charge in [0.1, 0.15) is 0 Å². The third-order valence-corrected chi connectivity index (χ3v) is 2.51. The van der Waals surface area contributed by atoms with Gasteiger partial charge in [0.2, 0.25) is 0 Å². The van der Waals surface area contributed by atoms with Gasteiger partial charge in [0.25, 0.3) is 0 Å². The Balaban J connectivity index is 2.08. The SMILES string of the molecule is C=C(N=NC(=C)c1ccccc1)c1ccccc1. The molecule has 0 saturated heterocycles. The Morgan fingerprint density at radius 2 is 0.944 bits per heavy atom. The quantitative estimate of drug-likeness (QED) is 0.680. The van der Waals surface area contributed by atoms with Crippen LogP contribution in [0.5, 0.6) is 0 Å². The van der Waals surface area contributed by atoms with E-state index in [2.05, 4.69) is 23.4 Å². The number of benzene rings is 2. The van der Waals surface area contributed by atoms with E-state index in [9.17, 15) is 0 Å². The van der Waals surface area contributed by atoms with Gasteiger partial charge in [-0.05, 0) is 0 Å². The van der Waals surface area contributed by atoms with Crippen molar-refractivity contribution in [3.8, 4) is 0 Å². The molecule has 2 rings (SSSR count). The number of azo groups is 1. The van der Waals surface area contributed by atoms with Crippen molar-refractivity contribution in [2.45, 2.75) is 0 Å². The second-order valence-electron chi connectivity index (χ2n) is 3.83. The average molecular weight is 234 g/mol. The molecule has 88 valence electrons. The molecule has 0 saturated carbocycles. The lowest BCUT2D eigenvalue weighted by Crippen LogP contribution is -1.79. The predicted molar refractivity (Wildman–Crippen MR) is 75.8 cm³/mol. The van der Waals surface area contributed by atoms with Crippen LogP contribution in [-0.4, -0.2) is 0 Å². The summed E-state index contributed by atoms with van der Waals surface area (Å²) in [4.78, 5) is 0. The minimum Gasteiger partial charge on any atom is -0.151 e. The van der Waals surface area contributed by atoms with Gasteiger partial charge in [-0.15, -0.1) is 0 Å².